The molecule has 40 heteroatoms. The van der Waals surface area contributed by atoms with Crippen molar-refractivity contribution in [3.8, 4) is 17.2 Å². The highest BCUT2D eigenvalue weighted by Crippen LogP contribution is 2.44. The predicted octanol–water partition coefficient (Wildman–Crippen LogP) is 5.32. The van der Waals surface area contributed by atoms with Gasteiger partial charge in [0.1, 0.15) is 37.1 Å². The summed E-state index contributed by atoms with van der Waals surface area (Å²) < 4.78 is 18.1. The summed E-state index contributed by atoms with van der Waals surface area (Å²) in [5, 5.41) is 12.1. The van der Waals surface area contributed by atoms with Crippen LogP contribution in [0.25, 0.3) is 0 Å². The van der Waals surface area contributed by atoms with Gasteiger partial charge in [0.15, 0.2) is 41.7 Å². The molecule has 6 rings (SSSR count). The number of hydrogen-bond donors (Lipinski definition) is 22. The maximum Gasteiger partial charge on any atom is 0.259 e. The molecule has 0 spiro atoms. The third-order valence-corrected chi connectivity index (χ3v) is 20.9. The lowest BCUT2D eigenvalue weighted by Gasteiger charge is -2.24. The van der Waals surface area contributed by atoms with Crippen LogP contribution in [0.2, 0.25) is 0 Å². The molecule has 0 aliphatic carbocycles. The Balaban J connectivity index is 0.000000420. The predicted molar refractivity (Wildman–Crippen MR) is 487 cm³/mol. The first-order chi connectivity index (χ1) is 54.6. The molecule has 0 aromatic heterocycles. The number of ether oxygens (including phenoxy) is 3. The van der Waals surface area contributed by atoms with Crippen LogP contribution in [0.1, 0.15) is 147 Å². The number of carbonyl (C=O) groups excluding carboxylic acids is 4. The van der Waals surface area contributed by atoms with Gasteiger partial charge >= 0.3 is 0 Å². The smallest absolute Gasteiger partial charge is 0.259 e. The van der Waals surface area contributed by atoms with E-state index in [1.54, 1.807) is 0 Å². The molecular weight excluding hydrogens is 1570 g/mol. The van der Waals surface area contributed by atoms with Gasteiger partial charge in [0.05, 0.1) is 99.3 Å². The molecule has 36 nitrogen and oxygen atoms in total. The standard InChI is InChI=1S/C40H62N16O4S2.C37H55N13O3S2/c1-39(2,3)21-15-25(41)31(61-13-9-53-37(47)48)27(17-21)55-33(57)23-19-24(30(60-12-8-52-36(45)46)20-29(23)59-11-7-51-35(43)44)34(58)56-28-18-22(40(4,5)6)16-26(42)32(28)62-14-10-54-38(49)50;1-36(2,3)22-16-25(38)29(54-11-8-47-34(42)43)27(18-22)49-31(51)20-13-21(15-24(14-20)53-10-7-46-33(40)41)32(52)50-28-19-23(37(4,5)6)17-26(39)30(28)55-12-9-48-35(44)45/h15-20H,7-14,41-42H2,1-6H3,(H,55,57)(H,56,58)(H4,43,44,51)(H4,45,46,52)(H4,47,48,53)(H4,49,50,54);13-19H,7-12,38-39H2,1-6H3,(H,49,51)(H,50,52)(H4,40,41,46)(H4,42,43,47)(H4,44,45,48). The van der Waals surface area contributed by atoms with Crippen molar-refractivity contribution in [1.82, 2.24) is 0 Å². The third kappa shape index (κ3) is 31.7. The van der Waals surface area contributed by atoms with Gasteiger partial charge in [-0.1, -0.05) is 83.1 Å². The summed E-state index contributed by atoms with van der Waals surface area (Å²) in [5.41, 5.74) is 110. The van der Waals surface area contributed by atoms with Crippen LogP contribution in [0, 0.1) is 0 Å². The molecule has 40 N–H and O–H groups in total. The SMILES string of the molecule is CC(C)(C)c1cc(N)c(SCCN=C(N)N)c(NC(=O)c2cc(C(=O)Nc3cc(C(C)(C)C)cc(N)c3SCCN=C(N)N)c(OCCN=C(N)N)cc2OCCN=C(N)N)c1.CC(C)(C)c1cc(N)c(SCCN=C(N)N)c(NC(=O)c2cc(OCCN=C(N)N)cc(C(=O)Nc3cc(C(C)(C)C)cc(N)c3SCCN=C(N)N)c2)c1. The van der Waals surface area contributed by atoms with Gasteiger partial charge in [0, 0.05) is 63.0 Å². The van der Waals surface area contributed by atoms with Crippen LogP contribution in [0.15, 0.2) is 133 Å². The first kappa shape index (κ1) is 95.7. The summed E-state index contributed by atoms with van der Waals surface area (Å²) in [6, 6.07) is 22.4. The Kier molecular flexibility index (Phi) is 35.7. The molecule has 117 heavy (non-hydrogen) atoms. The fourth-order valence-corrected chi connectivity index (χ4v) is 14.0. The van der Waals surface area contributed by atoms with Crippen molar-refractivity contribution in [3.05, 3.63) is 123 Å². The van der Waals surface area contributed by atoms with Gasteiger partial charge in [-0.25, -0.2) is 0 Å². The number of aliphatic imine (C=N–C) groups is 7. The number of rotatable bonds is 36. The van der Waals surface area contributed by atoms with E-state index in [0.29, 0.717) is 114 Å². The zero-order valence-corrected chi connectivity index (χ0v) is 71.7. The molecule has 0 bridgehead atoms. The number of anilines is 8. The molecule has 0 saturated heterocycles. The van der Waals surface area contributed by atoms with Crippen LogP contribution in [0.4, 0.5) is 45.5 Å². The van der Waals surface area contributed by atoms with Crippen LogP contribution < -0.4 is 139 Å². The first-order valence-corrected chi connectivity index (χ1v) is 40.7. The largest absolute Gasteiger partial charge is 0.492 e. The van der Waals surface area contributed by atoms with E-state index in [4.69, 9.17) is 117 Å². The number of nitrogens with two attached hydrogens (primary N) is 18. The molecule has 0 aliphatic rings. The van der Waals surface area contributed by atoms with Crippen molar-refractivity contribution in [2.24, 2.45) is 115 Å². The van der Waals surface area contributed by atoms with Crippen LogP contribution in [0.3, 0.4) is 0 Å². The Morgan fingerprint density at radius 2 is 0.530 bits per heavy atom. The minimum absolute atomic E-state index is 0.0198. The average molecular weight is 1690 g/mol. The van der Waals surface area contributed by atoms with Gasteiger partial charge in [0.25, 0.3) is 23.6 Å². The van der Waals surface area contributed by atoms with Gasteiger partial charge in [-0.3, -0.25) is 54.1 Å². The molecule has 6 aromatic rings. The summed E-state index contributed by atoms with van der Waals surface area (Å²) in [4.78, 5) is 88.1. The molecule has 0 radical (unpaired) electrons. The maximum absolute atomic E-state index is 14.6. The van der Waals surface area contributed by atoms with E-state index in [-0.39, 0.29) is 142 Å². The van der Waals surface area contributed by atoms with Crippen molar-refractivity contribution >= 4 is 158 Å². The minimum atomic E-state index is -0.630. The Labute approximate surface area is 700 Å². The van der Waals surface area contributed by atoms with E-state index in [1.165, 1.54) is 77.4 Å². The van der Waals surface area contributed by atoms with Gasteiger partial charge in [0.2, 0.25) is 0 Å². The van der Waals surface area contributed by atoms with Gasteiger partial charge in [-0.15, -0.1) is 47.0 Å². The number of nitrogen functional groups attached to an aromatic ring is 4. The zero-order chi connectivity index (χ0) is 87.4. The lowest BCUT2D eigenvalue weighted by atomic mass is 9.86. The number of thioether (sulfide) groups is 4. The highest BCUT2D eigenvalue weighted by molar-refractivity contribution is 8.00. The van der Waals surface area contributed by atoms with Crippen molar-refractivity contribution in [2.45, 2.75) is 124 Å². The van der Waals surface area contributed by atoms with Gasteiger partial charge < -0.3 is 139 Å². The normalized spacial score (nSPS) is 11.2. The van der Waals surface area contributed by atoms with Crippen LogP contribution >= 0.6 is 47.0 Å². The summed E-state index contributed by atoms with van der Waals surface area (Å²) in [6.07, 6.45) is 0. The molecule has 0 atom stereocenters. The monoisotopic (exact) mass is 1690 g/mol. The minimum Gasteiger partial charge on any atom is -0.492 e. The number of amides is 4. The average Bonchev–Trinajstić information content (AvgIpc) is 0.795. The molecule has 0 aliphatic heterocycles. The van der Waals surface area contributed by atoms with E-state index in [2.05, 4.69) is 56.2 Å². The van der Waals surface area contributed by atoms with Crippen molar-refractivity contribution in [1.29, 1.82) is 0 Å². The maximum atomic E-state index is 14.6. The Morgan fingerprint density at radius 3 is 0.769 bits per heavy atom. The Hall–Kier alpha value is -11.9. The Bertz CT molecular complexity index is 4430. The van der Waals surface area contributed by atoms with Crippen molar-refractivity contribution < 1.29 is 33.4 Å². The van der Waals surface area contributed by atoms with Crippen molar-refractivity contribution in [2.75, 3.05) is 133 Å². The van der Waals surface area contributed by atoms with Crippen LogP contribution in [-0.2, 0) is 21.7 Å². The van der Waals surface area contributed by atoms with E-state index in [1.807, 2.05) is 132 Å². The fourth-order valence-electron chi connectivity index (χ4n) is 10.5. The van der Waals surface area contributed by atoms with E-state index < -0.39 is 23.6 Å². The zero-order valence-electron chi connectivity index (χ0n) is 68.4. The van der Waals surface area contributed by atoms with E-state index in [9.17, 15) is 19.2 Å². The van der Waals surface area contributed by atoms with E-state index in [0.717, 1.165) is 22.3 Å². The molecule has 0 saturated carbocycles. The molecule has 636 valence electrons. The van der Waals surface area contributed by atoms with Crippen molar-refractivity contribution in [3.63, 3.8) is 0 Å². The Morgan fingerprint density at radius 1 is 0.299 bits per heavy atom. The molecule has 0 fully saturated rings. The first-order valence-electron chi connectivity index (χ1n) is 36.7. The summed E-state index contributed by atoms with van der Waals surface area (Å²) in [6.45, 7) is 26.0. The van der Waals surface area contributed by atoms with Gasteiger partial charge in [-0.2, -0.15) is 0 Å². The second-order valence-corrected chi connectivity index (χ2v) is 34.7. The second-order valence-electron chi connectivity index (χ2n) is 30.3. The fraction of sp³-hybridized carbons (Fsp3) is 0.390. The molecule has 4 amide bonds. The topological polar surface area (TPSA) is 699 Å². The number of nitrogens with one attached hydrogen (secondary N) is 4. The number of carbonyl (C=O) groups is 4. The highest BCUT2D eigenvalue weighted by Gasteiger charge is 2.29. The molecule has 0 heterocycles. The number of nitrogens with zero attached hydrogens (tertiary/aromatic N) is 7. The summed E-state index contributed by atoms with van der Waals surface area (Å²) in [7, 11) is 0. The van der Waals surface area contributed by atoms with Crippen LogP contribution in [-0.4, -0.2) is 154 Å². The lowest BCUT2D eigenvalue weighted by molar-refractivity contribution is 0.100. The lowest BCUT2D eigenvalue weighted by Crippen LogP contribution is -2.24. The van der Waals surface area contributed by atoms with Gasteiger partial charge in [-0.05, 0) is 117 Å². The van der Waals surface area contributed by atoms with Crippen LogP contribution in [0.5, 0.6) is 17.2 Å². The highest BCUT2D eigenvalue weighted by atomic mass is 32.2. The molecule has 6 aromatic carbocycles. The third-order valence-electron chi connectivity index (χ3n) is 16.4. The quantitative estimate of drug-likeness (QED) is 0.00778. The summed E-state index contributed by atoms with van der Waals surface area (Å²) >= 11 is 5.53. The van der Waals surface area contributed by atoms with E-state index >= 15 is 0 Å². The molecular formula is C77H117N29O7S4. The summed E-state index contributed by atoms with van der Waals surface area (Å²) in [5.74, 6) is -0.538. The molecule has 0 unspecified atom stereocenters. The number of benzene rings is 6. The number of guanidine groups is 7. The second kappa shape index (κ2) is 43.7. The number of hydrogen-bond acceptors (Lipinski definition) is 22.